The maximum Gasteiger partial charge on any atom is 0.321 e. The fourth-order valence-corrected chi connectivity index (χ4v) is 1.71. The van der Waals surface area contributed by atoms with Crippen molar-refractivity contribution in [3.05, 3.63) is 59.7 Å². The molecule has 114 valence electrons. The minimum Gasteiger partial charge on any atom is -0.473 e. The SMILES string of the molecule is Cc1ccc(OCNC(=O)Nc2ccc(C(N)=O)cc2)cc1. The highest BCUT2D eigenvalue weighted by Crippen LogP contribution is 2.11. The average molecular weight is 299 g/mol. The molecule has 22 heavy (non-hydrogen) atoms. The van der Waals surface area contributed by atoms with E-state index in [-0.39, 0.29) is 6.73 Å². The second-order valence-electron chi connectivity index (χ2n) is 4.67. The summed E-state index contributed by atoms with van der Waals surface area (Å²) in [5, 5.41) is 5.19. The zero-order valence-electron chi connectivity index (χ0n) is 12.1. The number of hydrogen-bond donors (Lipinski definition) is 3. The first-order valence-corrected chi connectivity index (χ1v) is 6.69. The van der Waals surface area contributed by atoms with Gasteiger partial charge < -0.3 is 21.1 Å². The van der Waals surface area contributed by atoms with E-state index in [9.17, 15) is 9.59 Å². The third-order valence-corrected chi connectivity index (χ3v) is 2.92. The molecule has 0 heterocycles. The summed E-state index contributed by atoms with van der Waals surface area (Å²) in [6, 6.07) is 13.4. The van der Waals surface area contributed by atoms with Gasteiger partial charge >= 0.3 is 6.03 Å². The number of amides is 3. The lowest BCUT2D eigenvalue weighted by atomic mass is 10.2. The maximum absolute atomic E-state index is 11.7. The Morgan fingerprint density at radius 3 is 2.27 bits per heavy atom. The number of carbonyl (C=O) groups excluding carboxylic acids is 2. The standard InChI is InChI=1S/C16H17N3O3/c1-11-2-8-14(9-3-11)22-10-18-16(21)19-13-6-4-12(5-7-13)15(17)20/h2-9H,10H2,1H3,(H2,17,20)(H2,18,19,21). The van der Waals surface area contributed by atoms with Crippen LogP contribution in [0.4, 0.5) is 10.5 Å². The number of carbonyl (C=O) groups is 2. The Kier molecular flexibility index (Phi) is 4.98. The Balaban J connectivity index is 1.77. The van der Waals surface area contributed by atoms with Crippen molar-refractivity contribution in [3.8, 4) is 5.75 Å². The van der Waals surface area contributed by atoms with E-state index in [1.807, 2.05) is 31.2 Å². The van der Waals surface area contributed by atoms with Crippen LogP contribution >= 0.6 is 0 Å². The molecule has 0 unspecified atom stereocenters. The zero-order valence-corrected chi connectivity index (χ0v) is 12.1. The third kappa shape index (κ3) is 4.52. The first kappa shape index (κ1) is 15.4. The summed E-state index contributed by atoms with van der Waals surface area (Å²) in [6.07, 6.45) is 0. The molecule has 0 fully saturated rings. The highest BCUT2D eigenvalue weighted by molar-refractivity contribution is 5.94. The average Bonchev–Trinajstić information content (AvgIpc) is 2.50. The molecular weight excluding hydrogens is 282 g/mol. The molecule has 2 aromatic carbocycles. The smallest absolute Gasteiger partial charge is 0.321 e. The Hall–Kier alpha value is -3.02. The van der Waals surface area contributed by atoms with Gasteiger partial charge in [-0.3, -0.25) is 4.79 Å². The van der Waals surface area contributed by atoms with Gasteiger partial charge in [-0.15, -0.1) is 0 Å². The van der Waals surface area contributed by atoms with E-state index in [1.54, 1.807) is 24.3 Å². The first-order chi connectivity index (χ1) is 10.5. The Labute approximate surface area is 128 Å². The van der Waals surface area contributed by atoms with Crippen molar-refractivity contribution < 1.29 is 14.3 Å². The lowest BCUT2D eigenvalue weighted by Crippen LogP contribution is -2.32. The van der Waals surface area contributed by atoms with Crippen molar-refractivity contribution in [3.63, 3.8) is 0 Å². The molecule has 0 bridgehead atoms. The summed E-state index contributed by atoms with van der Waals surface area (Å²) in [6.45, 7) is 2.03. The number of urea groups is 1. The lowest BCUT2D eigenvalue weighted by molar-refractivity contribution is 0.100. The number of ether oxygens (including phenoxy) is 1. The number of primary amides is 1. The molecule has 0 radical (unpaired) electrons. The molecule has 0 aliphatic rings. The number of rotatable bonds is 5. The summed E-state index contributed by atoms with van der Waals surface area (Å²) in [7, 11) is 0. The van der Waals surface area contributed by atoms with Crippen LogP contribution in [-0.4, -0.2) is 18.7 Å². The largest absolute Gasteiger partial charge is 0.473 e. The van der Waals surface area contributed by atoms with Crippen molar-refractivity contribution in [2.45, 2.75) is 6.92 Å². The van der Waals surface area contributed by atoms with E-state index in [0.717, 1.165) is 5.56 Å². The number of benzene rings is 2. The van der Waals surface area contributed by atoms with Crippen LogP contribution in [0.5, 0.6) is 5.75 Å². The molecule has 0 aliphatic heterocycles. The Bertz CT molecular complexity index is 651. The van der Waals surface area contributed by atoms with Gasteiger partial charge in [-0.25, -0.2) is 4.79 Å². The van der Waals surface area contributed by atoms with Crippen LogP contribution in [0, 0.1) is 6.92 Å². The molecule has 0 spiro atoms. The molecule has 0 saturated heterocycles. The molecule has 0 atom stereocenters. The van der Waals surface area contributed by atoms with Gasteiger partial charge in [0.15, 0.2) is 6.73 Å². The van der Waals surface area contributed by atoms with Crippen LogP contribution in [0.2, 0.25) is 0 Å². The minimum atomic E-state index is -0.512. The minimum absolute atomic E-state index is 0.0499. The van der Waals surface area contributed by atoms with E-state index in [4.69, 9.17) is 10.5 Å². The predicted molar refractivity (Wildman–Crippen MR) is 83.8 cm³/mol. The number of hydrogen-bond acceptors (Lipinski definition) is 3. The van der Waals surface area contributed by atoms with Crippen LogP contribution in [0.3, 0.4) is 0 Å². The molecular formula is C16H17N3O3. The van der Waals surface area contributed by atoms with Crippen LogP contribution in [0.25, 0.3) is 0 Å². The van der Waals surface area contributed by atoms with Gasteiger partial charge in [-0.2, -0.15) is 0 Å². The number of nitrogens with one attached hydrogen (secondary N) is 2. The van der Waals surface area contributed by atoms with Crippen molar-refractivity contribution in [1.82, 2.24) is 5.32 Å². The second kappa shape index (κ2) is 7.12. The quantitative estimate of drug-likeness (QED) is 0.739. The molecule has 4 N–H and O–H groups in total. The molecule has 0 aromatic heterocycles. The summed E-state index contributed by atoms with van der Waals surface area (Å²) >= 11 is 0. The van der Waals surface area contributed by atoms with Gasteiger partial charge in [0.05, 0.1) is 0 Å². The molecule has 2 aromatic rings. The second-order valence-corrected chi connectivity index (χ2v) is 4.67. The summed E-state index contributed by atoms with van der Waals surface area (Å²) < 4.78 is 5.39. The van der Waals surface area contributed by atoms with E-state index in [1.165, 1.54) is 0 Å². The first-order valence-electron chi connectivity index (χ1n) is 6.69. The highest BCUT2D eigenvalue weighted by atomic mass is 16.5. The van der Waals surface area contributed by atoms with Gasteiger partial charge in [0.1, 0.15) is 5.75 Å². The van der Waals surface area contributed by atoms with Gasteiger partial charge in [0, 0.05) is 11.3 Å². The highest BCUT2D eigenvalue weighted by Gasteiger charge is 2.03. The fourth-order valence-electron chi connectivity index (χ4n) is 1.71. The maximum atomic E-state index is 11.7. The Morgan fingerprint density at radius 1 is 1.05 bits per heavy atom. The van der Waals surface area contributed by atoms with Crippen LogP contribution in [-0.2, 0) is 0 Å². The molecule has 2 rings (SSSR count). The fraction of sp³-hybridized carbons (Fsp3) is 0.125. The summed E-state index contributed by atoms with van der Waals surface area (Å²) in [4.78, 5) is 22.6. The monoisotopic (exact) mass is 299 g/mol. The van der Waals surface area contributed by atoms with Gasteiger partial charge in [0.25, 0.3) is 0 Å². The van der Waals surface area contributed by atoms with Crippen molar-refractivity contribution >= 4 is 17.6 Å². The van der Waals surface area contributed by atoms with Gasteiger partial charge in [-0.1, -0.05) is 17.7 Å². The summed E-state index contributed by atoms with van der Waals surface area (Å²) in [5.74, 6) is 0.166. The van der Waals surface area contributed by atoms with Crippen LogP contribution in [0.15, 0.2) is 48.5 Å². The van der Waals surface area contributed by atoms with Crippen molar-refractivity contribution in [2.24, 2.45) is 5.73 Å². The molecule has 6 heteroatoms. The molecule has 6 nitrogen and oxygen atoms in total. The number of nitrogens with two attached hydrogens (primary N) is 1. The van der Waals surface area contributed by atoms with E-state index in [0.29, 0.717) is 17.0 Å². The number of anilines is 1. The molecule has 0 aliphatic carbocycles. The van der Waals surface area contributed by atoms with Crippen LogP contribution < -0.4 is 21.1 Å². The summed E-state index contributed by atoms with van der Waals surface area (Å²) in [5.41, 5.74) is 7.21. The van der Waals surface area contributed by atoms with Crippen molar-refractivity contribution in [1.29, 1.82) is 0 Å². The van der Waals surface area contributed by atoms with E-state index >= 15 is 0 Å². The van der Waals surface area contributed by atoms with Gasteiger partial charge in [-0.05, 0) is 43.3 Å². The van der Waals surface area contributed by atoms with E-state index < -0.39 is 11.9 Å². The van der Waals surface area contributed by atoms with Crippen molar-refractivity contribution in [2.75, 3.05) is 12.0 Å². The van der Waals surface area contributed by atoms with Crippen LogP contribution in [0.1, 0.15) is 15.9 Å². The predicted octanol–water partition coefficient (Wildman–Crippen LogP) is 2.25. The molecule has 0 saturated carbocycles. The van der Waals surface area contributed by atoms with E-state index in [2.05, 4.69) is 10.6 Å². The number of aryl methyl sites for hydroxylation is 1. The zero-order chi connectivity index (χ0) is 15.9. The normalized spacial score (nSPS) is 9.86. The Morgan fingerprint density at radius 2 is 1.68 bits per heavy atom. The van der Waals surface area contributed by atoms with Gasteiger partial charge in [0.2, 0.25) is 5.91 Å². The third-order valence-electron chi connectivity index (χ3n) is 2.92. The topological polar surface area (TPSA) is 93.4 Å². The molecule has 3 amide bonds. The lowest BCUT2D eigenvalue weighted by Gasteiger charge is -2.09.